The first-order chi connectivity index (χ1) is 9.88. The number of rotatable bonds is 7. The van der Waals surface area contributed by atoms with Gasteiger partial charge in [-0.25, -0.2) is 4.79 Å². The molecule has 6 heteroatoms. The van der Waals surface area contributed by atoms with E-state index >= 15 is 0 Å². The normalized spacial score (nSPS) is 14.0. The van der Waals surface area contributed by atoms with E-state index in [2.05, 4.69) is 15.7 Å². The second-order valence-corrected chi connectivity index (χ2v) is 5.56. The summed E-state index contributed by atoms with van der Waals surface area (Å²) in [6.45, 7) is 8.20. The third-order valence-electron chi connectivity index (χ3n) is 3.93. The van der Waals surface area contributed by atoms with Crippen LogP contribution in [0.4, 0.5) is 4.79 Å². The minimum Gasteiger partial charge on any atom is -0.391 e. The fraction of sp³-hybridized carbons (Fsp3) is 0.733. The molecule has 0 spiro atoms. The van der Waals surface area contributed by atoms with Crippen LogP contribution in [0.5, 0.6) is 0 Å². The standard InChI is InChI=1S/C15H28N4O2/c1-6-12(7-2)14(20)8-16-15(21)17-10(3)13-9-19(5)18-11(13)4/h9-10,12,14,20H,6-8H2,1-5H3,(H2,16,17,21)/t10-,14-/m0/s1. The van der Waals surface area contributed by atoms with Crippen LogP contribution in [0, 0.1) is 12.8 Å². The average Bonchev–Trinajstić information content (AvgIpc) is 2.77. The van der Waals surface area contributed by atoms with Crippen LogP contribution in [-0.4, -0.2) is 33.6 Å². The van der Waals surface area contributed by atoms with Crippen molar-refractivity contribution in [2.24, 2.45) is 13.0 Å². The van der Waals surface area contributed by atoms with Crippen LogP contribution >= 0.6 is 0 Å². The lowest BCUT2D eigenvalue weighted by atomic mass is 9.97. The summed E-state index contributed by atoms with van der Waals surface area (Å²) < 4.78 is 1.73. The van der Waals surface area contributed by atoms with Crippen molar-refractivity contribution in [2.75, 3.05) is 6.54 Å². The molecular formula is C15H28N4O2. The van der Waals surface area contributed by atoms with Gasteiger partial charge in [0.1, 0.15) is 0 Å². The minimum atomic E-state index is -0.499. The smallest absolute Gasteiger partial charge is 0.315 e. The molecule has 0 aliphatic rings. The van der Waals surface area contributed by atoms with Crippen LogP contribution in [0.3, 0.4) is 0 Å². The highest BCUT2D eigenvalue weighted by Crippen LogP contribution is 2.15. The van der Waals surface area contributed by atoms with E-state index in [0.717, 1.165) is 24.1 Å². The van der Waals surface area contributed by atoms with Gasteiger partial charge in [-0.2, -0.15) is 5.10 Å². The number of nitrogens with one attached hydrogen (secondary N) is 2. The van der Waals surface area contributed by atoms with Gasteiger partial charge < -0.3 is 15.7 Å². The molecule has 21 heavy (non-hydrogen) atoms. The molecule has 0 saturated carbocycles. The summed E-state index contributed by atoms with van der Waals surface area (Å²) in [5.41, 5.74) is 1.90. The van der Waals surface area contributed by atoms with Crippen LogP contribution in [0.15, 0.2) is 6.20 Å². The average molecular weight is 296 g/mol. The summed E-state index contributed by atoms with van der Waals surface area (Å²) in [6.07, 6.45) is 3.22. The Bertz CT molecular complexity index is 455. The van der Waals surface area contributed by atoms with Crippen molar-refractivity contribution in [1.82, 2.24) is 20.4 Å². The summed E-state index contributed by atoms with van der Waals surface area (Å²) in [5, 5.41) is 19.9. The maximum atomic E-state index is 11.9. The van der Waals surface area contributed by atoms with Crippen molar-refractivity contribution in [2.45, 2.75) is 52.7 Å². The predicted molar refractivity (Wildman–Crippen MR) is 83.0 cm³/mol. The van der Waals surface area contributed by atoms with Crippen molar-refractivity contribution in [3.63, 3.8) is 0 Å². The minimum absolute atomic E-state index is 0.121. The lowest BCUT2D eigenvalue weighted by molar-refractivity contribution is 0.103. The second kappa shape index (κ2) is 8.02. The van der Waals surface area contributed by atoms with Gasteiger partial charge in [0.05, 0.1) is 17.8 Å². The number of amides is 2. The number of urea groups is 1. The monoisotopic (exact) mass is 296 g/mol. The van der Waals surface area contributed by atoms with Crippen LogP contribution in [0.25, 0.3) is 0 Å². The lowest BCUT2D eigenvalue weighted by Gasteiger charge is -2.21. The largest absolute Gasteiger partial charge is 0.391 e. The van der Waals surface area contributed by atoms with Crippen LogP contribution < -0.4 is 10.6 Å². The molecule has 120 valence electrons. The summed E-state index contributed by atoms with van der Waals surface area (Å²) in [5.74, 6) is 0.225. The highest BCUT2D eigenvalue weighted by atomic mass is 16.3. The summed E-state index contributed by atoms with van der Waals surface area (Å²) >= 11 is 0. The molecule has 2 amide bonds. The zero-order valence-electron chi connectivity index (χ0n) is 13.7. The molecule has 0 aromatic carbocycles. The fourth-order valence-corrected chi connectivity index (χ4v) is 2.57. The summed E-state index contributed by atoms with van der Waals surface area (Å²) in [7, 11) is 1.86. The molecule has 0 fully saturated rings. The van der Waals surface area contributed by atoms with Crippen molar-refractivity contribution in [3.8, 4) is 0 Å². The maximum Gasteiger partial charge on any atom is 0.315 e. The molecule has 0 bridgehead atoms. The Balaban J connectivity index is 2.45. The number of hydrogen-bond donors (Lipinski definition) is 3. The van der Waals surface area contributed by atoms with Crippen molar-refractivity contribution < 1.29 is 9.90 Å². The molecule has 6 nitrogen and oxygen atoms in total. The zero-order chi connectivity index (χ0) is 16.0. The van der Waals surface area contributed by atoms with Gasteiger partial charge in [-0.15, -0.1) is 0 Å². The Morgan fingerprint density at radius 1 is 1.43 bits per heavy atom. The first-order valence-corrected chi connectivity index (χ1v) is 7.61. The van der Waals surface area contributed by atoms with Crippen LogP contribution in [0.1, 0.15) is 50.9 Å². The Labute approximate surface area is 126 Å². The Kier molecular flexibility index (Phi) is 6.68. The molecule has 1 heterocycles. The molecule has 0 saturated heterocycles. The van der Waals surface area contributed by atoms with Gasteiger partial charge in [0.15, 0.2) is 0 Å². The fourth-order valence-electron chi connectivity index (χ4n) is 2.57. The number of aliphatic hydroxyl groups is 1. The molecule has 0 unspecified atom stereocenters. The van der Waals surface area contributed by atoms with E-state index < -0.39 is 6.10 Å². The van der Waals surface area contributed by atoms with Gasteiger partial charge in [-0.05, 0) is 19.8 Å². The van der Waals surface area contributed by atoms with Gasteiger partial charge in [-0.1, -0.05) is 26.7 Å². The van der Waals surface area contributed by atoms with Crippen LogP contribution in [-0.2, 0) is 7.05 Å². The number of nitrogens with zero attached hydrogens (tertiary/aromatic N) is 2. The first kappa shape index (κ1) is 17.5. The number of hydrogen-bond acceptors (Lipinski definition) is 3. The van der Waals surface area contributed by atoms with Gasteiger partial charge in [0, 0.05) is 25.4 Å². The Hall–Kier alpha value is -1.56. The second-order valence-electron chi connectivity index (χ2n) is 5.56. The third kappa shape index (κ3) is 5.04. The Morgan fingerprint density at radius 2 is 2.05 bits per heavy atom. The molecule has 0 aliphatic heterocycles. The van der Waals surface area contributed by atoms with Crippen LogP contribution in [0.2, 0.25) is 0 Å². The first-order valence-electron chi connectivity index (χ1n) is 7.61. The number of aliphatic hydroxyl groups excluding tert-OH is 1. The SMILES string of the molecule is CCC(CC)[C@@H](O)CNC(=O)N[C@@H](C)c1cn(C)nc1C. The molecule has 2 atom stereocenters. The van der Waals surface area contributed by atoms with E-state index in [9.17, 15) is 9.90 Å². The summed E-state index contributed by atoms with van der Waals surface area (Å²) in [4.78, 5) is 11.9. The maximum absolute atomic E-state index is 11.9. The predicted octanol–water partition coefficient (Wildman–Crippen LogP) is 1.89. The highest BCUT2D eigenvalue weighted by Gasteiger charge is 2.18. The highest BCUT2D eigenvalue weighted by molar-refractivity contribution is 5.74. The van der Waals surface area contributed by atoms with E-state index in [0.29, 0.717) is 0 Å². The van der Waals surface area contributed by atoms with Gasteiger partial charge in [0.25, 0.3) is 0 Å². The van der Waals surface area contributed by atoms with Crippen molar-refractivity contribution >= 4 is 6.03 Å². The quantitative estimate of drug-likeness (QED) is 0.719. The Morgan fingerprint density at radius 3 is 2.52 bits per heavy atom. The number of aryl methyl sites for hydroxylation is 2. The van der Waals surface area contributed by atoms with Gasteiger partial charge >= 0.3 is 6.03 Å². The van der Waals surface area contributed by atoms with Crippen molar-refractivity contribution in [1.29, 1.82) is 0 Å². The van der Waals surface area contributed by atoms with E-state index in [1.807, 2.05) is 40.9 Å². The van der Waals surface area contributed by atoms with Gasteiger partial charge in [-0.3, -0.25) is 4.68 Å². The van der Waals surface area contributed by atoms with E-state index in [1.54, 1.807) is 4.68 Å². The third-order valence-corrected chi connectivity index (χ3v) is 3.93. The number of carbonyl (C=O) groups excluding carboxylic acids is 1. The van der Waals surface area contributed by atoms with Gasteiger partial charge in [0.2, 0.25) is 0 Å². The molecule has 3 N–H and O–H groups in total. The van der Waals surface area contributed by atoms with E-state index in [-0.39, 0.29) is 24.5 Å². The lowest BCUT2D eigenvalue weighted by Crippen LogP contribution is -2.42. The summed E-state index contributed by atoms with van der Waals surface area (Å²) in [6, 6.07) is -0.389. The molecule has 1 aromatic rings. The molecular weight excluding hydrogens is 268 g/mol. The van der Waals surface area contributed by atoms with E-state index in [4.69, 9.17) is 0 Å². The molecule has 0 aliphatic carbocycles. The number of aromatic nitrogens is 2. The molecule has 1 rings (SSSR count). The molecule has 1 aromatic heterocycles. The number of carbonyl (C=O) groups is 1. The van der Waals surface area contributed by atoms with Crippen molar-refractivity contribution in [3.05, 3.63) is 17.5 Å². The molecule has 0 radical (unpaired) electrons. The van der Waals surface area contributed by atoms with E-state index in [1.165, 1.54) is 0 Å². The zero-order valence-corrected chi connectivity index (χ0v) is 13.7. The topological polar surface area (TPSA) is 79.2 Å².